The number of imidazole rings is 1. The van der Waals surface area contributed by atoms with Crippen LogP contribution in [0.15, 0.2) is 27.4 Å². The summed E-state index contributed by atoms with van der Waals surface area (Å²) in [5, 5.41) is 2.05. The highest BCUT2D eigenvalue weighted by atomic mass is 79.9. The molecule has 0 saturated heterocycles. The summed E-state index contributed by atoms with van der Waals surface area (Å²) in [5.74, 6) is 1.43. The fourth-order valence-corrected chi connectivity index (χ4v) is 2.82. The van der Waals surface area contributed by atoms with Crippen LogP contribution in [0.25, 0.3) is 22.6 Å². The molecule has 92 valence electrons. The van der Waals surface area contributed by atoms with E-state index in [-0.39, 0.29) is 0 Å². The number of hydrogen-bond acceptors (Lipinski definition) is 4. The molecule has 0 aliphatic carbocycles. The molecule has 3 heterocycles. The van der Waals surface area contributed by atoms with E-state index in [1.54, 1.807) is 11.3 Å². The maximum atomic E-state index is 5.36. The maximum absolute atomic E-state index is 5.36. The number of ether oxygens (including phenoxy) is 1. The van der Waals surface area contributed by atoms with Gasteiger partial charge in [0, 0.05) is 17.0 Å². The molecule has 3 aromatic rings. The second kappa shape index (κ2) is 4.70. The number of halogens is 1. The Labute approximate surface area is 116 Å². The van der Waals surface area contributed by atoms with Crippen molar-refractivity contribution < 1.29 is 4.74 Å². The van der Waals surface area contributed by atoms with Crippen LogP contribution in [0.2, 0.25) is 0 Å². The van der Waals surface area contributed by atoms with Crippen molar-refractivity contribution >= 4 is 38.4 Å². The molecule has 3 rings (SSSR count). The molecule has 1 N–H and O–H groups in total. The molecule has 0 atom stereocenters. The van der Waals surface area contributed by atoms with Gasteiger partial charge in [-0.05, 0) is 35.0 Å². The molecule has 0 amide bonds. The largest absolute Gasteiger partial charge is 0.478 e. The Hall–Kier alpha value is -1.40. The lowest BCUT2D eigenvalue weighted by Crippen LogP contribution is -1.93. The van der Waals surface area contributed by atoms with Gasteiger partial charge in [-0.1, -0.05) is 0 Å². The van der Waals surface area contributed by atoms with Gasteiger partial charge in [-0.15, -0.1) is 11.3 Å². The molecule has 3 aromatic heterocycles. The van der Waals surface area contributed by atoms with E-state index >= 15 is 0 Å². The number of nitrogens with zero attached hydrogens (tertiary/aromatic N) is 2. The van der Waals surface area contributed by atoms with Gasteiger partial charge in [0.05, 0.1) is 15.9 Å². The zero-order valence-electron chi connectivity index (χ0n) is 9.61. The predicted molar refractivity (Wildman–Crippen MR) is 76.1 cm³/mol. The summed E-state index contributed by atoms with van der Waals surface area (Å²) in [7, 11) is 0. The van der Waals surface area contributed by atoms with Gasteiger partial charge in [0.25, 0.3) is 0 Å². The van der Waals surface area contributed by atoms with Crippen LogP contribution in [0.5, 0.6) is 5.88 Å². The summed E-state index contributed by atoms with van der Waals surface area (Å²) in [6.07, 6.45) is 0. The van der Waals surface area contributed by atoms with Crippen molar-refractivity contribution in [1.82, 2.24) is 15.0 Å². The molecular weight excluding hydrogens is 314 g/mol. The molecule has 0 aliphatic heterocycles. The second-order valence-corrected chi connectivity index (χ2v) is 5.97. The summed E-state index contributed by atoms with van der Waals surface area (Å²) in [5.41, 5.74) is 2.65. The highest BCUT2D eigenvalue weighted by molar-refractivity contribution is 9.11. The summed E-state index contributed by atoms with van der Waals surface area (Å²) in [6.45, 7) is 2.54. The quantitative estimate of drug-likeness (QED) is 0.796. The maximum Gasteiger partial charge on any atom is 0.215 e. The standard InChI is InChI=1S/C12H10BrN3OS/c1-2-17-10-4-3-8-12(15-10)16-11(14-8)7-5-9(13)18-6-7/h3-6H,2H2,1H3,(H,14,15,16). The Kier molecular flexibility index (Phi) is 3.05. The lowest BCUT2D eigenvalue weighted by Gasteiger charge is -1.99. The molecule has 6 heteroatoms. The van der Waals surface area contributed by atoms with E-state index in [0.29, 0.717) is 18.1 Å². The lowest BCUT2D eigenvalue weighted by molar-refractivity contribution is 0.328. The van der Waals surface area contributed by atoms with Crippen LogP contribution in [-0.2, 0) is 0 Å². The van der Waals surface area contributed by atoms with E-state index in [1.807, 2.05) is 30.5 Å². The zero-order valence-corrected chi connectivity index (χ0v) is 12.0. The summed E-state index contributed by atoms with van der Waals surface area (Å²) in [4.78, 5) is 12.1. The Bertz CT molecular complexity index is 692. The van der Waals surface area contributed by atoms with Crippen molar-refractivity contribution in [1.29, 1.82) is 0 Å². The Morgan fingerprint density at radius 3 is 3.00 bits per heavy atom. The summed E-state index contributed by atoms with van der Waals surface area (Å²) >= 11 is 5.08. The Balaban J connectivity index is 2.05. The van der Waals surface area contributed by atoms with E-state index < -0.39 is 0 Å². The van der Waals surface area contributed by atoms with Gasteiger partial charge in [-0.25, -0.2) is 4.98 Å². The molecule has 0 radical (unpaired) electrons. The highest BCUT2D eigenvalue weighted by Gasteiger charge is 2.08. The van der Waals surface area contributed by atoms with Crippen molar-refractivity contribution in [2.24, 2.45) is 0 Å². The first-order valence-electron chi connectivity index (χ1n) is 5.50. The van der Waals surface area contributed by atoms with E-state index in [0.717, 1.165) is 20.7 Å². The van der Waals surface area contributed by atoms with Gasteiger partial charge >= 0.3 is 0 Å². The van der Waals surface area contributed by atoms with Crippen molar-refractivity contribution in [3.05, 3.63) is 27.4 Å². The third kappa shape index (κ3) is 2.13. The summed E-state index contributed by atoms with van der Waals surface area (Å²) < 4.78 is 6.45. The molecule has 0 fully saturated rings. The number of rotatable bonds is 3. The minimum atomic E-state index is 0.604. The van der Waals surface area contributed by atoms with Crippen LogP contribution in [0.1, 0.15) is 6.92 Å². The Morgan fingerprint density at radius 2 is 2.28 bits per heavy atom. The van der Waals surface area contributed by atoms with Crippen LogP contribution >= 0.6 is 27.3 Å². The SMILES string of the molecule is CCOc1ccc2[nH]c(-c3csc(Br)c3)nc2n1. The van der Waals surface area contributed by atoms with Gasteiger partial charge in [0.1, 0.15) is 5.82 Å². The minimum absolute atomic E-state index is 0.604. The second-order valence-electron chi connectivity index (χ2n) is 3.68. The van der Waals surface area contributed by atoms with E-state index in [1.165, 1.54) is 0 Å². The first-order chi connectivity index (χ1) is 8.76. The smallest absolute Gasteiger partial charge is 0.215 e. The number of aromatic nitrogens is 3. The molecule has 0 spiro atoms. The van der Waals surface area contributed by atoms with Crippen LogP contribution in [0.3, 0.4) is 0 Å². The van der Waals surface area contributed by atoms with Crippen LogP contribution in [0.4, 0.5) is 0 Å². The topological polar surface area (TPSA) is 50.8 Å². The van der Waals surface area contributed by atoms with Crippen molar-refractivity contribution in [2.45, 2.75) is 6.92 Å². The normalized spacial score (nSPS) is 11.0. The Morgan fingerprint density at radius 1 is 1.39 bits per heavy atom. The van der Waals surface area contributed by atoms with Gasteiger partial charge in [-0.3, -0.25) is 0 Å². The molecule has 0 aromatic carbocycles. The molecule has 0 saturated carbocycles. The first kappa shape index (κ1) is 11.7. The number of fused-ring (bicyclic) bond motifs is 1. The van der Waals surface area contributed by atoms with Gasteiger partial charge in [0.2, 0.25) is 5.88 Å². The van der Waals surface area contributed by atoms with E-state index in [4.69, 9.17) is 4.74 Å². The molecule has 0 unspecified atom stereocenters. The average molecular weight is 324 g/mol. The summed E-state index contributed by atoms with van der Waals surface area (Å²) in [6, 6.07) is 5.81. The molecule has 0 aliphatic rings. The van der Waals surface area contributed by atoms with Crippen LogP contribution < -0.4 is 4.74 Å². The zero-order chi connectivity index (χ0) is 12.5. The molecule has 4 nitrogen and oxygen atoms in total. The number of pyridine rings is 1. The number of hydrogen-bond donors (Lipinski definition) is 1. The van der Waals surface area contributed by atoms with Crippen molar-refractivity contribution in [3.8, 4) is 17.3 Å². The van der Waals surface area contributed by atoms with Crippen molar-refractivity contribution in [3.63, 3.8) is 0 Å². The lowest BCUT2D eigenvalue weighted by atomic mass is 10.3. The minimum Gasteiger partial charge on any atom is -0.478 e. The predicted octanol–water partition coefficient (Wildman–Crippen LogP) is 3.85. The average Bonchev–Trinajstić information content (AvgIpc) is 2.94. The number of H-pyrrole nitrogens is 1. The van der Waals surface area contributed by atoms with Gasteiger partial charge in [0.15, 0.2) is 5.65 Å². The number of nitrogens with one attached hydrogen (secondary N) is 1. The van der Waals surface area contributed by atoms with E-state index in [9.17, 15) is 0 Å². The molecule has 0 bridgehead atoms. The molecular formula is C12H10BrN3OS. The van der Waals surface area contributed by atoms with Crippen molar-refractivity contribution in [2.75, 3.05) is 6.61 Å². The number of thiophene rings is 1. The fraction of sp³-hybridized carbons (Fsp3) is 0.167. The first-order valence-corrected chi connectivity index (χ1v) is 7.17. The van der Waals surface area contributed by atoms with Crippen LogP contribution in [-0.4, -0.2) is 21.6 Å². The van der Waals surface area contributed by atoms with Crippen LogP contribution in [0, 0.1) is 0 Å². The number of aromatic amines is 1. The van der Waals surface area contributed by atoms with Gasteiger partial charge < -0.3 is 9.72 Å². The van der Waals surface area contributed by atoms with E-state index in [2.05, 4.69) is 30.9 Å². The van der Waals surface area contributed by atoms with Gasteiger partial charge in [-0.2, -0.15) is 4.98 Å². The third-order valence-corrected chi connectivity index (χ3v) is 3.96. The third-order valence-electron chi connectivity index (χ3n) is 2.45. The highest BCUT2D eigenvalue weighted by Crippen LogP contribution is 2.28. The fourth-order valence-electron chi connectivity index (χ4n) is 1.67. The molecule has 18 heavy (non-hydrogen) atoms. The monoisotopic (exact) mass is 323 g/mol.